The first-order chi connectivity index (χ1) is 4.70. The number of aliphatic hydroxyl groups excluding tert-OH is 1. The Bertz CT molecular complexity index is 136. The fourth-order valence-electron chi connectivity index (χ4n) is 1.30. The molecule has 1 fully saturated rings. The summed E-state index contributed by atoms with van der Waals surface area (Å²) in [5.41, 5.74) is 0. The Morgan fingerprint density at radius 1 is 1.70 bits per heavy atom. The number of aliphatic hydroxyl groups is 1. The molecule has 1 rings (SSSR count). The average molecular weight is 143 g/mol. The number of nitrogens with one attached hydrogen (secondary N) is 1. The van der Waals surface area contributed by atoms with Crippen LogP contribution in [0.1, 0.15) is 13.3 Å². The first kappa shape index (κ1) is 7.69. The molecule has 1 heterocycles. The van der Waals surface area contributed by atoms with Crippen LogP contribution in [0.15, 0.2) is 0 Å². The summed E-state index contributed by atoms with van der Waals surface area (Å²) >= 11 is 0. The van der Waals surface area contributed by atoms with Crippen molar-refractivity contribution >= 4 is 5.78 Å². The third kappa shape index (κ3) is 1.78. The molecule has 0 aromatic carbocycles. The molecule has 0 aromatic heterocycles. The SMILES string of the molecule is CC(=O)CC1CNCC1O. The molecule has 0 bridgehead atoms. The molecule has 3 nitrogen and oxygen atoms in total. The van der Waals surface area contributed by atoms with Gasteiger partial charge in [-0.3, -0.25) is 0 Å². The molecule has 0 amide bonds. The van der Waals surface area contributed by atoms with Crippen LogP contribution >= 0.6 is 0 Å². The molecule has 2 atom stereocenters. The lowest BCUT2D eigenvalue weighted by Crippen LogP contribution is -2.19. The highest BCUT2D eigenvalue weighted by Gasteiger charge is 2.25. The van der Waals surface area contributed by atoms with Gasteiger partial charge in [-0.25, -0.2) is 0 Å². The van der Waals surface area contributed by atoms with Crippen LogP contribution in [0.4, 0.5) is 0 Å². The van der Waals surface area contributed by atoms with Gasteiger partial charge in [-0.1, -0.05) is 0 Å². The van der Waals surface area contributed by atoms with Gasteiger partial charge >= 0.3 is 0 Å². The van der Waals surface area contributed by atoms with E-state index in [1.165, 1.54) is 0 Å². The lowest BCUT2D eigenvalue weighted by atomic mass is 10.0. The van der Waals surface area contributed by atoms with Gasteiger partial charge in [-0.15, -0.1) is 0 Å². The van der Waals surface area contributed by atoms with E-state index in [1.54, 1.807) is 6.92 Å². The summed E-state index contributed by atoms with van der Waals surface area (Å²) in [7, 11) is 0. The highest BCUT2D eigenvalue weighted by molar-refractivity contribution is 5.75. The van der Waals surface area contributed by atoms with E-state index in [0.717, 1.165) is 6.54 Å². The zero-order valence-electron chi connectivity index (χ0n) is 6.13. The van der Waals surface area contributed by atoms with E-state index in [4.69, 9.17) is 0 Å². The molecule has 1 aliphatic heterocycles. The number of carbonyl (C=O) groups excluding carboxylic acids is 1. The monoisotopic (exact) mass is 143 g/mol. The smallest absolute Gasteiger partial charge is 0.130 e. The van der Waals surface area contributed by atoms with Crippen molar-refractivity contribution in [3.8, 4) is 0 Å². The van der Waals surface area contributed by atoms with Crippen LogP contribution in [-0.4, -0.2) is 30.1 Å². The van der Waals surface area contributed by atoms with Crippen LogP contribution in [-0.2, 0) is 4.79 Å². The van der Waals surface area contributed by atoms with Crippen molar-refractivity contribution in [1.29, 1.82) is 0 Å². The van der Waals surface area contributed by atoms with Gasteiger partial charge in [0, 0.05) is 25.4 Å². The van der Waals surface area contributed by atoms with Gasteiger partial charge in [-0.2, -0.15) is 0 Å². The molecule has 1 saturated heterocycles. The minimum atomic E-state index is -0.316. The fraction of sp³-hybridized carbons (Fsp3) is 0.857. The van der Waals surface area contributed by atoms with E-state index >= 15 is 0 Å². The standard InChI is InChI=1S/C7H13NO2/c1-5(9)2-6-3-8-4-7(6)10/h6-8,10H,2-4H2,1H3. The van der Waals surface area contributed by atoms with Gasteiger partial charge in [-0.05, 0) is 6.92 Å². The maximum absolute atomic E-state index is 10.6. The first-order valence-corrected chi connectivity index (χ1v) is 3.58. The Kier molecular flexibility index (Phi) is 2.40. The van der Waals surface area contributed by atoms with Crippen molar-refractivity contribution in [3.63, 3.8) is 0 Å². The number of hydrogen-bond donors (Lipinski definition) is 2. The molecule has 2 unspecified atom stereocenters. The fourth-order valence-corrected chi connectivity index (χ4v) is 1.30. The molecule has 0 spiro atoms. The van der Waals surface area contributed by atoms with Crippen LogP contribution in [0.5, 0.6) is 0 Å². The second-order valence-electron chi connectivity index (χ2n) is 2.89. The quantitative estimate of drug-likeness (QED) is 0.550. The molecule has 2 N–H and O–H groups in total. The minimum absolute atomic E-state index is 0.150. The summed E-state index contributed by atoms with van der Waals surface area (Å²) in [6.07, 6.45) is 0.192. The Morgan fingerprint density at radius 2 is 2.40 bits per heavy atom. The topological polar surface area (TPSA) is 49.3 Å². The molecular formula is C7H13NO2. The largest absolute Gasteiger partial charge is 0.391 e. The molecule has 10 heavy (non-hydrogen) atoms. The van der Waals surface area contributed by atoms with Crippen molar-refractivity contribution in [2.75, 3.05) is 13.1 Å². The molecule has 0 saturated carbocycles. The first-order valence-electron chi connectivity index (χ1n) is 3.58. The number of carbonyl (C=O) groups is 1. The predicted molar refractivity (Wildman–Crippen MR) is 37.7 cm³/mol. The summed E-state index contributed by atoms with van der Waals surface area (Å²) in [6.45, 7) is 2.98. The Balaban J connectivity index is 2.33. The summed E-state index contributed by atoms with van der Waals surface area (Å²) in [5.74, 6) is 0.310. The highest BCUT2D eigenvalue weighted by Crippen LogP contribution is 2.12. The molecule has 58 valence electrons. The summed E-state index contributed by atoms with van der Waals surface area (Å²) in [6, 6.07) is 0. The summed E-state index contributed by atoms with van der Waals surface area (Å²) < 4.78 is 0. The lowest BCUT2D eigenvalue weighted by Gasteiger charge is -2.09. The maximum atomic E-state index is 10.6. The van der Waals surface area contributed by atoms with Crippen LogP contribution in [0.2, 0.25) is 0 Å². The van der Waals surface area contributed by atoms with E-state index in [2.05, 4.69) is 5.32 Å². The van der Waals surface area contributed by atoms with E-state index in [0.29, 0.717) is 13.0 Å². The predicted octanol–water partition coefficient (Wildman–Crippen LogP) is -0.454. The van der Waals surface area contributed by atoms with Crippen molar-refractivity contribution < 1.29 is 9.90 Å². The lowest BCUT2D eigenvalue weighted by molar-refractivity contribution is -0.118. The molecule has 0 aliphatic carbocycles. The highest BCUT2D eigenvalue weighted by atomic mass is 16.3. The number of β-amino-alcohol motifs (C(OH)–C–C–N with tert-alkyl or cyclic N) is 1. The zero-order valence-corrected chi connectivity index (χ0v) is 6.13. The maximum Gasteiger partial charge on any atom is 0.130 e. The molecule has 3 heteroatoms. The van der Waals surface area contributed by atoms with E-state index in [9.17, 15) is 9.90 Å². The third-order valence-corrected chi connectivity index (χ3v) is 1.85. The Hall–Kier alpha value is -0.410. The molecular weight excluding hydrogens is 130 g/mol. The number of Topliss-reactive ketones (excluding diaryl/α,β-unsaturated/α-hetero) is 1. The molecule has 1 aliphatic rings. The van der Waals surface area contributed by atoms with Crippen LogP contribution in [0.25, 0.3) is 0 Å². The molecule has 0 radical (unpaired) electrons. The van der Waals surface area contributed by atoms with Gasteiger partial charge < -0.3 is 15.2 Å². The van der Waals surface area contributed by atoms with Crippen molar-refractivity contribution in [2.45, 2.75) is 19.4 Å². The second-order valence-corrected chi connectivity index (χ2v) is 2.89. The van der Waals surface area contributed by atoms with Crippen molar-refractivity contribution in [2.24, 2.45) is 5.92 Å². The number of rotatable bonds is 2. The van der Waals surface area contributed by atoms with Gasteiger partial charge in [0.25, 0.3) is 0 Å². The normalized spacial score (nSPS) is 32.6. The van der Waals surface area contributed by atoms with E-state index in [-0.39, 0.29) is 17.8 Å². The molecule has 0 aromatic rings. The number of ketones is 1. The summed E-state index contributed by atoms with van der Waals surface area (Å²) in [5, 5.41) is 12.2. The van der Waals surface area contributed by atoms with Gasteiger partial charge in [0.05, 0.1) is 6.10 Å². The van der Waals surface area contributed by atoms with Crippen molar-refractivity contribution in [3.05, 3.63) is 0 Å². The summed E-state index contributed by atoms with van der Waals surface area (Å²) in [4.78, 5) is 10.6. The second kappa shape index (κ2) is 3.12. The van der Waals surface area contributed by atoms with Gasteiger partial charge in [0.1, 0.15) is 5.78 Å². The third-order valence-electron chi connectivity index (χ3n) is 1.85. The van der Waals surface area contributed by atoms with Gasteiger partial charge in [0.15, 0.2) is 0 Å². The Labute approximate surface area is 60.4 Å². The van der Waals surface area contributed by atoms with Gasteiger partial charge in [0.2, 0.25) is 0 Å². The Morgan fingerprint density at radius 3 is 2.80 bits per heavy atom. The van der Waals surface area contributed by atoms with Crippen LogP contribution < -0.4 is 5.32 Å². The number of hydrogen-bond acceptors (Lipinski definition) is 3. The average Bonchev–Trinajstić information content (AvgIpc) is 2.15. The van der Waals surface area contributed by atoms with Crippen LogP contribution in [0, 0.1) is 5.92 Å². The van der Waals surface area contributed by atoms with Crippen molar-refractivity contribution in [1.82, 2.24) is 5.32 Å². The minimum Gasteiger partial charge on any atom is -0.391 e. The van der Waals surface area contributed by atoms with Crippen LogP contribution in [0.3, 0.4) is 0 Å². The van der Waals surface area contributed by atoms with E-state index < -0.39 is 0 Å². The van der Waals surface area contributed by atoms with E-state index in [1.807, 2.05) is 0 Å². The zero-order chi connectivity index (χ0) is 7.56.